The van der Waals surface area contributed by atoms with Crippen LogP contribution in [0.5, 0.6) is 11.5 Å². The molecule has 0 spiro atoms. The minimum Gasteiger partial charge on any atom is -0.497 e. The van der Waals surface area contributed by atoms with Crippen LogP contribution in [0.2, 0.25) is 0 Å². The third kappa shape index (κ3) is 3.82. The van der Waals surface area contributed by atoms with Gasteiger partial charge in [0, 0.05) is 17.5 Å². The molecule has 0 aromatic heterocycles. The molecule has 2 bridgehead atoms. The summed E-state index contributed by atoms with van der Waals surface area (Å²) >= 11 is 0. The number of methoxy groups -OCH3 is 2. The molecule has 6 heteroatoms. The van der Waals surface area contributed by atoms with E-state index in [9.17, 15) is 4.79 Å². The number of benzene rings is 3. The molecule has 1 fully saturated rings. The van der Waals surface area contributed by atoms with Gasteiger partial charge in [0.25, 0.3) is 0 Å². The summed E-state index contributed by atoms with van der Waals surface area (Å²) in [5, 5.41) is 0. The zero-order chi connectivity index (χ0) is 24.6. The fraction of sp³-hybridized carbons (Fsp3) is 0.300. The molecule has 184 valence electrons. The number of carbonyl (C=O) groups excluding carboxylic acids is 1. The molecule has 2 atom stereocenters. The maximum absolute atomic E-state index is 13.4. The van der Waals surface area contributed by atoms with Gasteiger partial charge < -0.3 is 18.9 Å². The van der Waals surface area contributed by atoms with Crippen molar-refractivity contribution in [3.8, 4) is 22.6 Å². The second-order valence-electron chi connectivity index (χ2n) is 9.43. The fourth-order valence-corrected chi connectivity index (χ4v) is 5.81. The molecule has 36 heavy (non-hydrogen) atoms. The van der Waals surface area contributed by atoms with Gasteiger partial charge in [-0.2, -0.15) is 0 Å². The van der Waals surface area contributed by atoms with Crippen LogP contribution in [0, 0.1) is 0 Å². The quantitative estimate of drug-likeness (QED) is 0.479. The molecule has 2 heterocycles. The molecule has 0 saturated carbocycles. The van der Waals surface area contributed by atoms with E-state index < -0.39 is 0 Å². The van der Waals surface area contributed by atoms with E-state index in [0.717, 1.165) is 22.6 Å². The highest BCUT2D eigenvalue weighted by Crippen LogP contribution is 2.45. The molecule has 3 aliphatic rings. The van der Waals surface area contributed by atoms with Gasteiger partial charge in [0.2, 0.25) is 0 Å². The van der Waals surface area contributed by atoms with Gasteiger partial charge in [-0.25, -0.2) is 4.79 Å². The Morgan fingerprint density at radius 2 is 1.64 bits per heavy atom. The topological polar surface area (TPSA) is 57.2 Å². The van der Waals surface area contributed by atoms with Crippen LogP contribution >= 0.6 is 0 Å². The van der Waals surface area contributed by atoms with E-state index in [1.807, 2.05) is 35.2 Å². The molecule has 6 nitrogen and oxygen atoms in total. The smallest absolute Gasteiger partial charge is 0.410 e. The largest absolute Gasteiger partial charge is 0.497 e. The van der Waals surface area contributed by atoms with Crippen LogP contribution in [0.3, 0.4) is 0 Å². The number of hydrogen-bond donors (Lipinski definition) is 0. The minimum atomic E-state index is -0.285. The molecule has 2 unspecified atom stereocenters. The van der Waals surface area contributed by atoms with E-state index in [2.05, 4.69) is 42.5 Å². The molecular weight excluding hydrogens is 454 g/mol. The first-order valence-corrected chi connectivity index (χ1v) is 12.3. The highest BCUT2D eigenvalue weighted by Gasteiger charge is 2.40. The number of nitrogens with zero attached hydrogens (tertiary/aromatic N) is 1. The number of rotatable bonds is 5. The normalized spacial score (nSPS) is 20.3. The summed E-state index contributed by atoms with van der Waals surface area (Å²) in [6.45, 7) is 1.24. The summed E-state index contributed by atoms with van der Waals surface area (Å²) in [7, 11) is 3.30. The molecule has 1 amide bonds. The number of hydrogen-bond acceptors (Lipinski definition) is 5. The molecule has 1 saturated heterocycles. The van der Waals surface area contributed by atoms with Crippen molar-refractivity contribution in [1.82, 2.24) is 4.90 Å². The number of carbonyl (C=O) groups is 1. The number of morpholine rings is 1. The van der Waals surface area contributed by atoms with Crippen LogP contribution in [0.4, 0.5) is 4.79 Å². The summed E-state index contributed by atoms with van der Waals surface area (Å²) in [6, 6.07) is 22.3. The van der Waals surface area contributed by atoms with Crippen molar-refractivity contribution in [1.29, 1.82) is 0 Å². The Morgan fingerprint density at radius 1 is 0.917 bits per heavy atom. The Balaban J connectivity index is 1.22. The fourth-order valence-electron chi connectivity index (χ4n) is 5.81. The summed E-state index contributed by atoms with van der Waals surface area (Å²) in [5.74, 6) is 1.54. The maximum Gasteiger partial charge on any atom is 0.410 e. The average molecular weight is 484 g/mol. The number of ether oxygens (including phenoxy) is 4. The van der Waals surface area contributed by atoms with E-state index in [0.29, 0.717) is 26.2 Å². The van der Waals surface area contributed by atoms with E-state index in [-0.39, 0.29) is 24.1 Å². The average Bonchev–Trinajstić information content (AvgIpc) is 3.24. The lowest BCUT2D eigenvalue weighted by molar-refractivity contribution is -0.0331. The Hall–Kier alpha value is -3.77. The predicted molar refractivity (Wildman–Crippen MR) is 137 cm³/mol. The van der Waals surface area contributed by atoms with Crippen LogP contribution in [0.15, 0.2) is 72.8 Å². The Kier molecular flexibility index (Phi) is 5.89. The molecule has 1 aliphatic carbocycles. The van der Waals surface area contributed by atoms with Crippen LogP contribution in [0.1, 0.15) is 29.0 Å². The predicted octanol–water partition coefficient (Wildman–Crippen LogP) is 5.51. The summed E-state index contributed by atoms with van der Waals surface area (Å²) in [4.78, 5) is 15.3. The SMILES string of the molecule is COc1ccc(C2=CC3COCC(C2)N3C(=O)OCC2c3ccccc3-c3ccccc32)c(OC)c1. The first-order valence-electron chi connectivity index (χ1n) is 12.3. The zero-order valence-corrected chi connectivity index (χ0v) is 20.5. The van der Waals surface area contributed by atoms with Crippen molar-refractivity contribution in [2.75, 3.05) is 34.0 Å². The lowest BCUT2D eigenvalue weighted by atomic mass is 9.89. The minimum absolute atomic E-state index is 0.0388. The second-order valence-corrected chi connectivity index (χ2v) is 9.43. The monoisotopic (exact) mass is 483 g/mol. The van der Waals surface area contributed by atoms with Crippen molar-refractivity contribution in [2.45, 2.75) is 24.4 Å². The molecule has 0 radical (unpaired) electrons. The van der Waals surface area contributed by atoms with Crippen LogP contribution in [-0.2, 0) is 9.47 Å². The maximum atomic E-state index is 13.4. The van der Waals surface area contributed by atoms with Crippen LogP contribution in [0.25, 0.3) is 16.7 Å². The lowest BCUT2D eigenvalue weighted by Crippen LogP contribution is -2.56. The highest BCUT2D eigenvalue weighted by atomic mass is 16.6. The molecule has 6 rings (SSSR count). The van der Waals surface area contributed by atoms with Gasteiger partial charge in [-0.05, 0) is 46.4 Å². The Morgan fingerprint density at radius 3 is 2.31 bits per heavy atom. The third-order valence-electron chi connectivity index (χ3n) is 7.50. The molecule has 3 aromatic rings. The summed E-state index contributed by atoms with van der Waals surface area (Å²) in [5.41, 5.74) is 7.03. The zero-order valence-electron chi connectivity index (χ0n) is 20.5. The van der Waals surface area contributed by atoms with E-state index in [1.165, 1.54) is 22.3 Å². The Bertz CT molecular complexity index is 1290. The Labute approximate surface area is 211 Å². The van der Waals surface area contributed by atoms with Crippen molar-refractivity contribution < 1.29 is 23.7 Å². The van der Waals surface area contributed by atoms with E-state index in [1.54, 1.807) is 14.2 Å². The van der Waals surface area contributed by atoms with E-state index in [4.69, 9.17) is 18.9 Å². The number of amides is 1. The van der Waals surface area contributed by atoms with Gasteiger partial charge >= 0.3 is 6.09 Å². The van der Waals surface area contributed by atoms with Gasteiger partial charge in [-0.1, -0.05) is 54.6 Å². The van der Waals surface area contributed by atoms with Crippen LogP contribution in [-0.4, -0.2) is 57.1 Å². The second kappa shape index (κ2) is 9.36. The van der Waals surface area contributed by atoms with Gasteiger partial charge in [0.05, 0.1) is 39.5 Å². The molecule has 2 aliphatic heterocycles. The highest BCUT2D eigenvalue weighted by molar-refractivity contribution is 5.80. The molecule has 0 N–H and O–H groups in total. The van der Waals surface area contributed by atoms with Gasteiger partial charge in [-0.3, -0.25) is 4.90 Å². The first kappa shape index (κ1) is 22.7. The van der Waals surface area contributed by atoms with E-state index >= 15 is 0 Å². The summed E-state index contributed by atoms with van der Waals surface area (Å²) in [6.07, 6.45) is 2.50. The lowest BCUT2D eigenvalue weighted by Gasteiger charge is -2.44. The van der Waals surface area contributed by atoms with Gasteiger partial charge in [0.15, 0.2) is 0 Å². The van der Waals surface area contributed by atoms with Crippen molar-refractivity contribution in [2.24, 2.45) is 0 Å². The first-order chi connectivity index (χ1) is 17.7. The molecular formula is C30H29NO5. The standard InChI is InChI=1S/C30H29NO5/c1-33-22-11-12-23(29(15-22)34-2)19-13-20-16-35-17-21(14-19)31(20)30(32)36-18-28-26-9-5-3-7-24(26)25-8-4-6-10-27(25)28/h3-13,15,20-21,28H,14,16-18H2,1-2H3. The molecule has 3 aromatic carbocycles. The van der Waals surface area contributed by atoms with Gasteiger partial charge in [0.1, 0.15) is 18.1 Å². The van der Waals surface area contributed by atoms with Crippen molar-refractivity contribution in [3.63, 3.8) is 0 Å². The summed E-state index contributed by atoms with van der Waals surface area (Å²) < 4.78 is 22.8. The third-order valence-corrected chi connectivity index (χ3v) is 7.50. The number of fused-ring (bicyclic) bond motifs is 5. The van der Waals surface area contributed by atoms with Crippen LogP contribution < -0.4 is 9.47 Å². The van der Waals surface area contributed by atoms with Crippen molar-refractivity contribution >= 4 is 11.7 Å². The van der Waals surface area contributed by atoms with Gasteiger partial charge in [-0.15, -0.1) is 0 Å². The van der Waals surface area contributed by atoms with Crippen molar-refractivity contribution in [3.05, 3.63) is 89.5 Å².